The molecule has 3 heteroatoms. The van der Waals surface area contributed by atoms with Crippen LogP contribution in [0.3, 0.4) is 0 Å². The lowest BCUT2D eigenvalue weighted by Gasteiger charge is -2.45. The second-order valence-corrected chi connectivity index (χ2v) is 4.24. The van der Waals surface area contributed by atoms with E-state index in [0.717, 1.165) is 18.1 Å². The number of fused-ring (bicyclic) bond motifs is 2. The zero-order valence-electron chi connectivity index (χ0n) is 7.92. The summed E-state index contributed by atoms with van der Waals surface area (Å²) < 4.78 is 7.94. The number of ether oxygens (including phenoxy) is 1. The van der Waals surface area contributed by atoms with Crippen LogP contribution in [0.25, 0.3) is 0 Å². The van der Waals surface area contributed by atoms with Crippen molar-refractivity contribution in [1.82, 2.24) is 9.55 Å². The largest absolute Gasteiger partial charge is 0.371 e. The first-order valence-electron chi connectivity index (χ1n) is 4.93. The predicted molar refractivity (Wildman–Crippen MR) is 48.4 cm³/mol. The highest BCUT2D eigenvalue weighted by molar-refractivity contribution is 5.11. The van der Waals surface area contributed by atoms with Gasteiger partial charge in [0.25, 0.3) is 0 Å². The van der Waals surface area contributed by atoms with E-state index in [0.29, 0.717) is 6.61 Å². The topological polar surface area (TPSA) is 27.1 Å². The van der Waals surface area contributed by atoms with Gasteiger partial charge in [0.2, 0.25) is 0 Å². The summed E-state index contributed by atoms with van der Waals surface area (Å²) in [5.74, 6) is 1.11. The van der Waals surface area contributed by atoms with E-state index >= 15 is 0 Å². The Labute approximate surface area is 77.7 Å². The molecule has 0 bridgehead atoms. The van der Waals surface area contributed by atoms with Gasteiger partial charge in [-0.3, -0.25) is 0 Å². The van der Waals surface area contributed by atoms with Crippen LogP contribution in [0, 0.1) is 6.92 Å². The molecule has 2 aliphatic rings. The van der Waals surface area contributed by atoms with Crippen molar-refractivity contribution in [2.45, 2.75) is 38.3 Å². The highest BCUT2D eigenvalue weighted by atomic mass is 16.5. The van der Waals surface area contributed by atoms with Crippen molar-refractivity contribution in [1.29, 1.82) is 0 Å². The summed E-state index contributed by atoms with van der Waals surface area (Å²) in [6.07, 6.45) is 6.03. The van der Waals surface area contributed by atoms with Crippen LogP contribution in [0.5, 0.6) is 0 Å². The monoisotopic (exact) mass is 178 g/mol. The maximum Gasteiger partial charge on any atom is 0.135 e. The molecule has 0 amide bonds. The van der Waals surface area contributed by atoms with Gasteiger partial charge in [-0.1, -0.05) is 0 Å². The van der Waals surface area contributed by atoms with Crippen molar-refractivity contribution in [3.05, 3.63) is 17.7 Å². The number of nitrogens with zero attached hydrogens (tertiary/aromatic N) is 2. The Hall–Kier alpha value is -0.830. The lowest BCUT2D eigenvalue weighted by Crippen LogP contribution is -2.47. The molecule has 2 heterocycles. The lowest BCUT2D eigenvalue weighted by molar-refractivity contribution is -0.0395. The fourth-order valence-electron chi connectivity index (χ4n) is 2.43. The number of rotatable bonds is 0. The average Bonchev–Trinajstić information content (AvgIpc) is 2.41. The Morgan fingerprint density at radius 2 is 2.38 bits per heavy atom. The molecular formula is C10H14N2O. The summed E-state index contributed by atoms with van der Waals surface area (Å²) in [6, 6.07) is 0. The average molecular weight is 178 g/mol. The summed E-state index contributed by atoms with van der Waals surface area (Å²) in [6.45, 7) is 3.63. The summed E-state index contributed by atoms with van der Waals surface area (Å²) in [5, 5.41) is 0. The molecule has 0 N–H and O–H groups in total. The van der Waals surface area contributed by atoms with Gasteiger partial charge in [0.1, 0.15) is 12.4 Å². The predicted octanol–water partition coefficient (Wildman–Crippen LogP) is 1.60. The van der Waals surface area contributed by atoms with E-state index in [9.17, 15) is 0 Å². The minimum Gasteiger partial charge on any atom is -0.371 e. The van der Waals surface area contributed by atoms with Gasteiger partial charge in [-0.2, -0.15) is 0 Å². The Kier molecular flexibility index (Phi) is 1.37. The first-order chi connectivity index (χ1) is 6.30. The quantitative estimate of drug-likeness (QED) is 0.603. The van der Waals surface area contributed by atoms with Crippen LogP contribution in [0.2, 0.25) is 0 Å². The molecule has 0 saturated heterocycles. The standard InChI is InChI=1S/C10H14N2O/c1-8-5-12-9(11-8)6-13-7-10(12)3-2-4-10/h5H,2-4,6-7H2,1H3. The molecule has 3 rings (SSSR count). The normalized spacial score (nSPS) is 24.1. The third kappa shape index (κ3) is 0.908. The molecule has 1 spiro atoms. The summed E-state index contributed by atoms with van der Waals surface area (Å²) >= 11 is 0. The van der Waals surface area contributed by atoms with E-state index in [2.05, 4.69) is 22.7 Å². The maximum absolute atomic E-state index is 5.58. The first-order valence-corrected chi connectivity index (χ1v) is 4.93. The molecular weight excluding hydrogens is 164 g/mol. The van der Waals surface area contributed by atoms with Crippen LogP contribution >= 0.6 is 0 Å². The molecule has 1 fully saturated rings. The number of imidazole rings is 1. The van der Waals surface area contributed by atoms with Crippen LogP contribution < -0.4 is 0 Å². The van der Waals surface area contributed by atoms with Crippen molar-refractivity contribution < 1.29 is 4.74 Å². The number of hydrogen-bond acceptors (Lipinski definition) is 2. The van der Waals surface area contributed by atoms with Crippen LogP contribution in [0.1, 0.15) is 30.8 Å². The minimum absolute atomic E-state index is 0.287. The van der Waals surface area contributed by atoms with E-state index < -0.39 is 0 Å². The van der Waals surface area contributed by atoms with E-state index in [4.69, 9.17) is 4.74 Å². The van der Waals surface area contributed by atoms with Gasteiger partial charge < -0.3 is 9.30 Å². The summed E-state index contributed by atoms with van der Waals surface area (Å²) in [7, 11) is 0. The fraction of sp³-hybridized carbons (Fsp3) is 0.700. The van der Waals surface area contributed by atoms with Gasteiger partial charge in [-0.05, 0) is 26.2 Å². The van der Waals surface area contributed by atoms with Crippen molar-refractivity contribution in [3.63, 3.8) is 0 Å². The second-order valence-electron chi connectivity index (χ2n) is 4.24. The van der Waals surface area contributed by atoms with Crippen LogP contribution in [-0.2, 0) is 16.9 Å². The molecule has 0 atom stereocenters. The molecule has 13 heavy (non-hydrogen) atoms. The molecule has 1 saturated carbocycles. The molecule has 0 aromatic carbocycles. The third-order valence-corrected chi connectivity index (χ3v) is 3.30. The van der Waals surface area contributed by atoms with Crippen molar-refractivity contribution in [2.24, 2.45) is 0 Å². The van der Waals surface area contributed by atoms with Gasteiger partial charge in [0.05, 0.1) is 17.8 Å². The van der Waals surface area contributed by atoms with Gasteiger partial charge in [0.15, 0.2) is 0 Å². The summed E-state index contributed by atoms with van der Waals surface area (Å²) in [5.41, 5.74) is 1.40. The lowest BCUT2D eigenvalue weighted by atomic mass is 9.76. The van der Waals surface area contributed by atoms with E-state index in [1.165, 1.54) is 19.3 Å². The molecule has 0 radical (unpaired) electrons. The minimum atomic E-state index is 0.287. The molecule has 1 aliphatic heterocycles. The van der Waals surface area contributed by atoms with Gasteiger partial charge in [-0.15, -0.1) is 0 Å². The Morgan fingerprint density at radius 1 is 1.54 bits per heavy atom. The molecule has 1 aliphatic carbocycles. The number of aryl methyl sites for hydroxylation is 1. The zero-order valence-corrected chi connectivity index (χ0v) is 7.92. The van der Waals surface area contributed by atoms with E-state index in [1.807, 2.05) is 0 Å². The third-order valence-electron chi connectivity index (χ3n) is 3.30. The molecule has 1 aromatic heterocycles. The number of hydrogen-bond donors (Lipinski definition) is 0. The smallest absolute Gasteiger partial charge is 0.135 e. The highest BCUT2D eigenvalue weighted by Crippen LogP contribution is 2.42. The van der Waals surface area contributed by atoms with Gasteiger partial charge in [0, 0.05) is 6.20 Å². The van der Waals surface area contributed by atoms with Crippen molar-refractivity contribution in [3.8, 4) is 0 Å². The van der Waals surface area contributed by atoms with Gasteiger partial charge in [-0.25, -0.2) is 4.98 Å². The van der Waals surface area contributed by atoms with Gasteiger partial charge >= 0.3 is 0 Å². The van der Waals surface area contributed by atoms with Crippen LogP contribution in [0.15, 0.2) is 6.20 Å². The van der Waals surface area contributed by atoms with E-state index in [1.54, 1.807) is 0 Å². The first kappa shape index (κ1) is 7.56. The maximum atomic E-state index is 5.58. The SMILES string of the molecule is Cc1cn2c(n1)COCC21CCC1. The molecule has 1 aromatic rings. The fourth-order valence-corrected chi connectivity index (χ4v) is 2.43. The highest BCUT2D eigenvalue weighted by Gasteiger charge is 2.42. The van der Waals surface area contributed by atoms with Crippen molar-refractivity contribution in [2.75, 3.05) is 6.61 Å². The van der Waals surface area contributed by atoms with E-state index in [-0.39, 0.29) is 5.54 Å². The molecule has 3 nitrogen and oxygen atoms in total. The molecule has 70 valence electrons. The van der Waals surface area contributed by atoms with Crippen LogP contribution in [-0.4, -0.2) is 16.2 Å². The Bertz CT molecular complexity index is 339. The summed E-state index contributed by atoms with van der Waals surface area (Å²) in [4.78, 5) is 4.47. The van der Waals surface area contributed by atoms with Crippen molar-refractivity contribution >= 4 is 0 Å². The number of aromatic nitrogens is 2. The molecule has 0 unspecified atom stereocenters. The Morgan fingerprint density at radius 3 is 3.08 bits per heavy atom. The zero-order chi connectivity index (χ0) is 8.89. The Balaban J connectivity index is 2.10. The van der Waals surface area contributed by atoms with Crippen LogP contribution in [0.4, 0.5) is 0 Å². The second kappa shape index (κ2) is 2.35.